The van der Waals surface area contributed by atoms with Gasteiger partial charge < -0.3 is 5.32 Å². The van der Waals surface area contributed by atoms with Crippen molar-refractivity contribution in [2.75, 3.05) is 5.32 Å². The molecule has 0 bridgehead atoms. The summed E-state index contributed by atoms with van der Waals surface area (Å²) < 4.78 is 2.12. The highest BCUT2D eigenvalue weighted by molar-refractivity contribution is 5.43. The van der Waals surface area contributed by atoms with Crippen LogP contribution in [0.4, 0.5) is 5.95 Å². The first-order chi connectivity index (χ1) is 8.83. The molecule has 1 saturated carbocycles. The van der Waals surface area contributed by atoms with Crippen molar-refractivity contribution < 1.29 is 0 Å². The fraction of sp³-hybridized carbons (Fsp3) is 0.400. The fourth-order valence-electron chi connectivity index (χ4n) is 2.58. The normalized spacial score (nSPS) is 16.1. The molecule has 2 aromatic rings. The molecule has 0 atom stereocenters. The van der Waals surface area contributed by atoms with E-state index in [0.29, 0.717) is 6.04 Å². The summed E-state index contributed by atoms with van der Waals surface area (Å²) in [5, 5.41) is 3.55. The van der Waals surface area contributed by atoms with Gasteiger partial charge in [-0.3, -0.25) is 4.57 Å². The molecular formula is C15H19N3. The van der Waals surface area contributed by atoms with Gasteiger partial charge in [0.1, 0.15) is 0 Å². The average molecular weight is 241 g/mol. The molecule has 0 saturated heterocycles. The quantitative estimate of drug-likeness (QED) is 0.890. The lowest BCUT2D eigenvalue weighted by Gasteiger charge is -2.14. The van der Waals surface area contributed by atoms with Crippen LogP contribution < -0.4 is 5.32 Å². The van der Waals surface area contributed by atoms with Crippen molar-refractivity contribution in [1.82, 2.24) is 9.55 Å². The zero-order valence-electron chi connectivity index (χ0n) is 10.8. The molecule has 1 aliphatic rings. The average Bonchev–Trinajstić information content (AvgIpc) is 3.02. The first kappa shape index (κ1) is 11.3. The molecule has 1 fully saturated rings. The zero-order chi connectivity index (χ0) is 12.4. The van der Waals surface area contributed by atoms with Crippen LogP contribution in [0.15, 0.2) is 36.7 Å². The van der Waals surface area contributed by atoms with Gasteiger partial charge in [-0.25, -0.2) is 4.98 Å². The minimum Gasteiger partial charge on any atom is -0.353 e. The van der Waals surface area contributed by atoms with Crippen LogP contribution in [0.3, 0.4) is 0 Å². The first-order valence-electron chi connectivity index (χ1n) is 6.70. The Labute approximate surface area is 108 Å². The molecule has 1 N–H and O–H groups in total. The van der Waals surface area contributed by atoms with E-state index in [1.807, 2.05) is 12.4 Å². The van der Waals surface area contributed by atoms with Gasteiger partial charge in [-0.1, -0.05) is 30.5 Å². The summed E-state index contributed by atoms with van der Waals surface area (Å²) in [5.74, 6) is 0.964. The maximum absolute atomic E-state index is 4.43. The Balaban J connectivity index is 1.84. The Bertz CT molecular complexity index is 507. The third-order valence-corrected chi connectivity index (χ3v) is 3.64. The lowest BCUT2D eigenvalue weighted by Crippen LogP contribution is -2.17. The number of imidazole rings is 1. The summed E-state index contributed by atoms with van der Waals surface area (Å²) in [5.41, 5.74) is 2.45. The minimum absolute atomic E-state index is 0.594. The number of nitrogens with zero attached hydrogens (tertiary/aromatic N) is 2. The molecule has 3 heteroatoms. The highest BCUT2D eigenvalue weighted by atomic mass is 15.2. The van der Waals surface area contributed by atoms with Gasteiger partial charge in [0, 0.05) is 24.1 Å². The van der Waals surface area contributed by atoms with E-state index in [9.17, 15) is 0 Å². The summed E-state index contributed by atoms with van der Waals surface area (Å²) in [6.07, 6.45) is 9.08. The largest absolute Gasteiger partial charge is 0.353 e. The highest BCUT2D eigenvalue weighted by Crippen LogP contribution is 2.23. The molecule has 1 aliphatic carbocycles. The van der Waals surface area contributed by atoms with Gasteiger partial charge >= 0.3 is 0 Å². The van der Waals surface area contributed by atoms with Crippen molar-refractivity contribution in [2.45, 2.75) is 38.6 Å². The van der Waals surface area contributed by atoms with E-state index in [0.717, 1.165) is 5.95 Å². The van der Waals surface area contributed by atoms with Crippen LogP contribution in [0, 0.1) is 6.92 Å². The lowest BCUT2D eigenvalue weighted by atomic mass is 10.2. The van der Waals surface area contributed by atoms with Crippen LogP contribution in [0.25, 0.3) is 5.69 Å². The van der Waals surface area contributed by atoms with Gasteiger partial charge in [0.25, 0.3) is 0 Å². The van der Waals surface area contributed by atoms with Crippen molar-refractivity contribution in [3.63, 3.8) is 0 Å². The molecule has 0 spiro atoms. The summed E-state index contributed by atoms with van der Waals surface area (Å²) in [7, 11) is 0. The Morgan fingerprint density at radius 3 is 2.61 bits per heavy atom. The zero-order valence-corrected chi connectivity index (χ0v) is 10.8. The van der Waals surface area contributed by atoms with Crippen molar-refractivity contribution >= 4 is 5.95 Å². The Hall–Kier alpha value is -1.77. The van der Waals surface area contributed by atoms with E-state index in [-0.39, 0.29) is 0 Å². The van der Waals surface area contributed by atoms with Crippen LogP contribution in [-0.2, 0) is 0 Å². The van der Waals surface area contributed by atoms with Crippen LogP contribution in [-0.4, -0.2) is 15.6 Å². The van der Waals surface area contributed by atoms with Crippen molar-refractivity contribution in [3.8, 4) is 5.69 Å². The molecule has 94 valence electrons. The number of aryl methyl sites for hydroxylation is 1. The summed E-state index contributed by atoms with van der Waals surface area (Å²) in [6, 6.07) is 9.13. The SMILES string of the molecule is Cc1ccc(-n2ccnc2NC2CCCC2)cc1. The number of anilines is 1. The molecule has 0 radical (unpaired) electrons. The number of nitrogens with one attached hydrogen (secondary N) is 1. The molecule has 0 aliphatic heterocycles. The molecule has 18 heavy (non-hydrogen) atoms. The summed E-state index contributed by atoms with van der Waals surface area (Å²) in [6.45, 7) is 2.11. The van der Waals surface area contributed by atoms with Gasteiger partial charge in [0.05, 0.1) is 0 Å². The lowest BCUT2D eigenvalue weighted by molar-refractivity contribution is 0.740. The number of hydrogen-bond donors (Lipinski definition) is 1. The van der Waals surface area contributed by atoms with Crippen LogP contribution in [0.5, 0.6) is 0 Å². The van der Waals surface area contributed by atoms with Crippen molar-refractivity contribution in [1.29, 1.82) is 0 Å². The van der Waals surface area contributed by atoms with Gasteiger partial charge in [-0.05, 0) is 31.9 Å². The maximum atomic E-state index is 4.43. The minimum atomic E-state index is 0.594. The van der Waals surface area contributed by atoms with Crippen molar-refractivity contribution in [3.05, 3.63) is 42.2 Å². The Morgan fingerprint density at radius 1 is 1.17 bits per heavy atom. The van der Waals surface area contributed by atoms with E-state index in [1.54, 1.807) is 0 Å². The van der Waals surface area contributed by atoms with Crippen LogP contribution >= 0.6 is 0 Å². The van der Waals surface area contributed by atoms with Gasteiger partial charge in [0.15, 0.2) is 0 Å². The highest BCUT2D eigenvalue weighted by Gasteiger charge is 2.16. The monoisotopic (exact) mass is 241 g/mol. The van der Waals surface area contributed by atoms with E-state index >= 15 is 0 Å². The molecular weight excluding hydrogens is 222 g/mol. The first-order valence-corrected chi connectivity index (χ1v) is 6.70. The summed E-state index contributed by atoms with van der Waals surface area (Å²) >= 11 is 0. The van der Waals surface area contributed by atoms with E-state index < -0.39 is 0 Å². The van der Waals surface area contributed by atoms with E-state index in [1.165, 1.54) is 36.9 Å². The topological polar surface area (TPSA) is 29.9 Å². The molecule has 1 aromatic heterocycles. The predicted octanol–water partition coefficient (Wildman–Crippen LogP) is 3.54. The number of aromatic nitrogens is 2. The summed E-state index contributed by atoms with van der Waals surface area (Å²) in [4.78, 5) is 4.43. The van der Waals surface area contributed by atoms with Gasteiger partial charge in [0.2, 0.25) is 5.95 Å². The third-order valence-electron chi connectivity index (χ3n) is 3.64. The third kappa shape index (κ3) is 2.26. The smallest absolute Gasteiger partial charge is 0.207 e. The van der Waals surface area contributed by atoms with E-state index in [4.69, 9.17) is 0 Å². The van der Waals surface area contributed by atoms with Crippen LogP contribution in [0.1, 0.15) is 31.2 Å². The second-order valence-corrected chi connectivity index (χ2v) is 5.08. The molecule has 0 amide bonds. The molecule has 0 unspecified atom stereocenters. The molecule has 3 rings (SSSR count). The second-order valence-electron chi connectivity index (χ2n) is 5.08. The van der Waals surface area contributed by atoms with Crippen molar-refractivity contribution in [2.24, 2.45) is 0 Å². The van der Waals surface area contributed by atoms with Gasteiger partial charge in [-0.15, -0.1) is 0 Å². The predicted molar refractivity (Wildman–Crippen MR) is 74.2 cm³/mol. The Morgan fingerprint density at radius 2 is 1.89 bits per heavy atom. The number of rotatable bonds is 3. The molecule has 1 heterocycles. The number of benzene rings is 1. The molecule has 3 nitrogen and oxygen atoms in total. The fourth-order valence-corrected chi connectivity index (χ4v) is 2.58. The van der Waals surface area contributed by atoms with Gasteiger partial charge in [-0.2, -0.15) is 0 Å². The maximum Gasteiger partial charge on any atom is 0.207 e. The Kier molecular flexibility index (Phi) is 3.05. The second kappa shape index (κ2) is 4.84. The van der Waals surface area contributed by atoms with E-state index in [2.05, 4.69) is 46.1 Å². The van der Waals surface area contributed by atoms with Crippen LogP contribution in [0.2, 0.25) is 0 Å². The molecule has 1 aromatic carbocycles. The standard InChI is InChI=1S/C15H19N3/c1-12-6-8-14(9-7-12)18-11-10-16-15(18)17-13-4-2-3-5-13/h6-11,13H,2-5H2,1H3,(H,16,17). The number of hydrogen-bond acceptors (Lipinski definition) is 2.